The van der Waals surface area contributed by atoms with E-state index in [2.05, 4.69) is 39.1 Å². The number of fused-ring (bicyclic) bond motifs is 1. The Morgan fingerprint density at radius 1 is 1.09 bits per heavy atom. The molecular weight excluding hydrogens is 406 g/mol. The number of nitrogens with zero attached hydrogens (tertiary/aromatic N) is 3. The monoisotopic (exact) mass is 439 g/mol. The zero-order chi connectivity index (χ0) is 22.1. The van der Waals surface area contributed by atoms with Gasteiger partial charge in [-0.25, -0.2) is 4.98 Å². The molecule has 3 atom stereocenters. The molecule has 1 aromatic heterocycles. The van der Waals surface area contributed by atoms with Crippen molar-refractivity contribution in [2.45, 2.75) is 56.8 Å². The number of hydrogen-bond donors (Lipinski definition) is 1. The lowest BCUT2D eigenvalue weighted by Gasteiger charge is -2.31. The minimum absolute atomic E-state index is 0.122. The maximum absolute atomic E-state index is 11.8. The molecule has 5 rings (SSSR count). The van der Waals surface area contributed by atoms with Crippen LogP contribution in [0.1, 0.15) is 49.7 Å². The summed E-state index contributed by atoms with van der Waals surface area (Å²) in [6.45, 7) is 2.64. The summed E-state index contributed by atoms with van der Waals surface area (Å²) in [7, 11) is 3.10. The van der Waals surface area contributed by atoms with Crippen molar-refractivity contribution in [1.29, 1.82) is 0 Å². The molecule has 3 fully saturated rings. The minimum Gasteiger partial charge on any atom is -0.490 e. The third-order valence-electron chi connectivity index (χ3n) is 7.56. The summed E-state index contributed by atoms with van der Waals surface area (Å²) in [5.41, 5.74) is 0.907. The molecule has 2 saturated carbocycles. The number of para-hydroxylation sites is 1. The van der Waals surface area contributed by atoms with Crippen molar-refractivity contribution >= 4 is 0 Å². The maximum atomic E-state index is 11.8. The normalized spacial score (nSPS) is 28.1. The molecule has 32 heavy (non-hydrogen) atoms. The van der Waals surface area contributed by atoms with Crippen LogP contribution in [0.15, 0.2) is 30.5 Å². The predicted molar refractivity (Wildman–Crippen MR) is 120 cm³/mol. The van der Waals surface area contributed by atoms with Gasteiger partial charge in [-0.3, -0.25) is 4.90 Å². The molecule has 0 amide bonds. The number of hydrogen-bond acceptors (Lipinski definition) is 7. The van der Waals surface area contributed by atoms with Crippen molar-refractivity contribution in [3.05, 3.63) is 41.6 Å². The van der Waals surface area contributed by atoms with Gasteiger partial charge in [0.25, 0.3) is 0 Å². The van der Waals surface area contributed by atoms with E-state index in [0.717, 1.165) is 44.6 Å². The summed E-state index contributed by atoms with van der Waals surface area (Å²) in [6.07, 6.45) is 8.53. The van der Waals surface area contributed by atoms with Crippen molar-refractivity contribution in [3.63, 3.8) is 0 Å². The largest absolute Gasteiger partial charge is 0.490 e. The minimum atomic E-state index is -0.989. The van der Waals surface area contributed by atoms with Gasteiger partial charge in [-0.15, -0.1) is 0 Å². The molecular formula is C25H33N3O4. The Hall–Kier alpha value is -2.38. The van der Waals surface area contributed by atoms with E-state index in [0.29, 0.717) is 29.9 Å². The molecule has 3 aliphatic rings. The Balaban J connectivity index is 1.32. The molecule has 1 N–H and O–H groups in total. The van der Waals surface area contributed by atoms with E-state index >= 15 is 0 Å². The average Bonchev–Trinajstić information content (AvgIpc) is 3.54. The summed E-state index contributed by atoms with van der Waals surface area (Å²) >= 11 is 0. The quantitative estimate of drug-likeness (QED) is 0.707. The molecule has 7 nitrogen and oxygen atoms in total. The summed E-state index contributed by atoms with van der Waals surface area (Å²) in [5, 5.41) is 11.8. The highest BCUT2D eigenvalue weighted by atomic mass is 16.5. The third-order valence-corrected chi connectivity index (χ3v) is 7.56. The molecule has 1 aliphatic heterocycles. The number of likely N-dealkylation sites (tertiary alicyclic amines) is 1. The molecule has 0 unspecified atom stereocenters. The lowest BCUT2D eigenvalue weighted by Crippen LogP contribution is -2.35. The van der Waals surface area contributed by atoms with Crippen molar-refractivity contribution in [2.24, 2.45) is 11.8 Å². The van der Waals surface area contributed by atoms with Crippen molar-refractivity contribution in [3.8, 4) is 17.6 Å². The second kappa shape index (κ2) is 8.87. The van der Waals surface area contributed by atoms with Crippen LogP contribution in [0.2, 0.25) is 0 Å². The van der Waals surface area contributed by atoms with E-state index in [9.17, 15) is 5.11 Å². The average molecular weight is 440 g/mol. The number of benzene rings is 1. The summed E-state index contributed by atoms with van der Waals surface area (Å²) in [4.78, 5) is 11.0. The van der Waals surface area contributed by atoms with Gasteiger partial charge < -0.3 is 19.3 Å². The molecule has 1 saturated heterocycles. The first-order valence-corrected chi connectivity index (χ1v) is 11.8. The molecule has 0 bridgehead atoms. The van der Waals surface area contributed by atoms with Crippen LogP contribution in [0.25, 0.3) is 0 Å². The molecule has 0 spiro atoms. The Labute approximate surface area is 189 Å². The summed E-state index contributed by atoms with van der Waals surface area (Å²) in [5.74, 6) is 1.97. The molecule has 2 aromatic rings. The number of ether oxygens (including phenoxy) is 3. The van der Waals surface area contributed by atoms with Gasteiger partial charge in [0.15, 0.2) is 0 Å². The van der Waals surface area contributed by atoms with E-state index in [4.69, 9.17) is 14.2 Å². The predicted octanol–water partition coefficient (Wildman–Crippen LogP) is 3.54. The molecule has 172 valence electrons. The van der Waals surface area contributed by atoms with Gasteiger partial charge in [0, 0.05) is 37.3 Å². The van der Waals surface area contributed by atoms with Crippen molar-refractivity contribution < 1.29 is 19.3 Å². The third kappa shape index (κ3) is 3.92. The SMILES string of the molecule is COc1ncc([C@]2(O)CC[C@H]3CN(Cc4ccccc4OC4CCCC4)C[C@H]32)c(OC)n1. The molecule has 1 aromatic carbocycles. The zero-order valence-corrected chi connectivity index (χ0v) is 19.0. The lowest BCUT2D eigenvalue weighted by molar-refractivity contribution is -0.00974. The van der Waals surface area contributed by atoms with Gasteiger partial charge in [-0.2, -0.15) is 4.98 Å². The molecule has 2 heterocycles. The molecule has 0 radical (unpaired) electrons. The topological polar surface area (TPSA) is 76.9 Å². The van der Waals surface area contributed by atoms with Gasteiger partial charge in [0.05, 0.1) is 25.9 Å². The maximum Gasteiger partial charge on any atom is 0.319 e. The first-order chi connectivity index (χ1) is 15.6. The Morgan fingerprint density at radius 2 is 1.91 bits per heavy atom. The second-order valence-electron chi connectivity index (χ2n) is 9.44. The van der Waals surface area contributed by atoms with Crippen molar-refractivity contribution in [1.82, 2.24) is 14.9 Å². The van der Waals surface area contributed by atoms with Crippen LogP contribution in [-0.4, -0.2) is 53.4 Å². The summed E-state index contributed by atoms with van der Waals surface area (Å²) < 4.78 is 17.0. The highest BCUT2D eigenvalue weighted by Gasteiger charge is 2.54. The van der Waals surface area contributed by atoms with Crippen LogP contribution in [0, 0.1) is 11.8 Å². The Morgan fingerprint density at radius 3 is 2.69 bits per heavy atom. The van der Waals surface area contributed by atoms with Crippen molar-refractivity contribution in [2.75, 3.05) is 27.3 Å². The summed E-state index contributed by atoms with van der Waals surface area (Å²) in [6, 6.07) is 8.66. The highest BCUT2D eigenvalue weighted by Crippen LogP contribution is 2.52. The number of aliphatic hydroxyl groups is 1. The highest BCUT2D eigenvalue weighted by molar-refractivity contribution is 5.35. The van der Waals surface area contributed by atoms with Crippen LogP contribution in [-0.2, 0) is 12.1 Å². The van der Waals surface area contributed by atoms with E-state index in [-0.39, 0.29) is 11.9 Å². The van der Waals surface area contributed by atoms with Gasteiger partial charge in [-0.1, -0.05) is 18.2 Å². The standard InChI is InChI=1S/C25H33N3O4/c1-30-23-20(13-26-24(27-23)31-2)25(29)12-11-17-14-28(16-21(17)25)15-18-7-3-6-10-22(18)32-19-8-4-5-9-19/h3,6-7,10,13,17,19,21,29H,4-5,8-9,11-12,14-16H2,1-2H3/t17-,21+,25+/m0/s1. The van der Waals surface area contributed by atoms with E-state index in [1.807, 2.05) is 0 Å². The first-order valence-electron chi connectivity index (χ1n) is 11.8. The Kier molecular flexibility index (Phi) is 5.95. The van der Waals surface area contributed by atoms with Crippen LogP contribution in [0.3, 0.4) is 0 Å². The van der Waals surface area contributed by atoms with Gasteiger partial charge >= 0.3 is 6.01 Å². The first kappa shape index (κ1) is 21.5. The number of rotatable bonds is 7. The van der Waals surface area contributed by atoms with Gasteiger partial charge in [0.2, 0.25) is 5.88 Å². The lowest BCUT2D eigenvalue weighted by atomic mass is 9.83. The zero-order valence-electron chi connectivity index (χ0n) is 19.0. The van der Waals surface area contributed by atoms with E-state index in [1.54, 1.807) is 13.3 Å². The fourth-order valence-electron chi connectivity index (χ4n) is 5.93. The fourth-order valence-corrected chi connectivity index (χ4v) is 5.93. The van der Waals surface area contributed by atoms with Gasteiger partial charge in [-0.05, 0) is 50.5 Å². The van der Waals surface area contributed by atoms with Crippen LogP contribution in [0.5, 0.6) is 17.6 Å². The number of methoxy groups -OCH3 is 2. The Bertz CT molecular complexity index is 949. The molecule has 7 heteroatoms. The number of aromatic nitrogens is 2. The van der Waals surface area contributed by atoms with Gasteiger partial charge in [0.1, 0.15) is 11.4 Å². The van der Waals surface area contributed by atoms with E-state index < -0.39 is 5.60 Å². The smallest absolute Gasteiger partial charge is 0.319 e. The van der Waals surface area contributed by atoms with Crippen LogP contribution in [0.4, 0.5) is 0 Å². The van der Waals surface area contributed by atoms with E-state index in [1.165, 1.54) is 25.5 Å². The van der Waals surface area contributed by atoms with Crippen LogP contribution >= 0.6 is 0 Å². The second-order valence-corrected chi connectivity index (χ2v) is 9.44. The fraction of sp³-hybridized carbons (Fsp3) is 0.600. The van der Waals surface area contributed by atoms with Crippen LogP contribution < -0.4 is 14.2 Å². The molecule has 2 aliphatic carbocycles.